The molecule has 0 radical (unpaired) electrons. The number of rotatable bonds is 4. The lowest BCUT2D eigenvalue weighted by atomic mass is 10.1. The predicted octanol–water partition coefficient (Wildman–Crippen LogP) is 4.17. The third-order valence-electron chi connectivity index (χ3n) is 2.74. The van der Waals surface area contributed by atoms with E-state index in [4.69, 9.17) is 11.6 Å². The van der Waals surface area contributed by atoms with Gasteiger partial charge in [0, 0.05) is 12.6 Å². The number of hydrogen-bond acceptors (Lipinski definition) is 3. The molecule has 0 unspecified atom stereocenters. The highest BCUT2D eigenvalue weighted by Crippen LogP contribution is 2.32. The number of para-hydroxylation sites is 1. The van der Waals surface area contributed by atoms with Gasteiger partial charge in [-0.2, -0.15) is 0 Å². The lowest BCUT2D eigenvalue weighted by molar-refractivity contribution is -0.383. The number of aryl methyl sites for hydroxylation is 1. The van der Waals surface area contributed by atoms with Gasteiger partial charge in [-0.15, -0.1) is 0 Å². The molecular weight excluding hydrogens is 264 g/mol. The van der Waals surface area contributed by atoms with Crippen molar-refractivity contribution in [3.05, 3.63) is 68.7 Å². The van der Waals surface area contributed by atoms with Crippen molar-refractivity contribution in [1.29, 1.82) is 0 Å². The van der Waals surface area contributed by atoms with Crippen LogP contribution in [0.3, 0.4) is 0 Å². The fraction of sp³-hybridized carbons (Fsp3) is 0.143. The maximum absolute atomic E-state index is 10.9. The first-order valence-electron chi connectivity index (χ1n) is 5.80. The number of halogens is 1. The molecule has 19 heavy (non-hydrogen) atoms. The number of nitrogens with zero attached hydrogens (tertiary/aromatic N) is 1. The molecule has 0 bridgehead atoms. The van der Waals surface area contributed by atoms with Gasteiger partial charge >= 0.3 is 0 Å². The van der Waals surface area contributed by atoms with Crippen LogP contribution in [0.1, 0.15) is 11.1 Å². The minimum Gasteiger partial charge on any atom is -0.374 e. The Kier molecular flexibility index (Phi) is 4.02. The van der Waals surface area contributed by atoms with E-state index in [2.05, 4.69) is 5.32 Å². The monoisotopic (exact) mass is 276 g/mol. The number of benzene rings is 2. The van der Waals surface area contributed by atoms with Gasteiger partial charge in [0.2, 0.25) is 0 Å². The zero-order valence-corrected chi connectivity index (χ0v) is 11.1. The van der Waals surface area contributed by atoms with Gasteiger partial charge in [0.1, 0.15) is 5.69 Å². The Labute approximate surface area is 116 Å². The van der Waals surface area contributed by atoms with E-state index < -0.39 is 4.92 Å². The van der Waals surface area contributed by atoms with Crippen molar-refractivity contribution in [2.75, 3.05) is 5.32 Å². The molecule has 0 aromatic heterocycles. The third kappa shape index (κ3) is 3.23. The summed E-state index contributed by atoms with van der Waals surface area (Å²) in [5.41, 5.74) is 2.54. The van der Waals surface area contributed by atoms with E-state index in [1.807, 2.05) is 31.2 Å². The quantitative estimate of drug-likeness (QED) is 0.673. The molecule has 1 N–H and O–H groups in total. The van der Waals surface area contributed by atoms with Crippen molar-refractivity contribution in [1.82, 2.24) is 0 Å². The average Bonchev–Trinajstić information content (AvgIpc) is 2.37. The topological polar surface area (TPSA) is 55.2 Å². The van der Waals surface area contributed by atoms with Crippen LogP contribution in [0.2, 0.25) is 5.02 Å². The summed E-state index contributed by atoms with van der Waals surface area (Å²) in [6.45, 7) is 2.49. The van der Waals surface area contributed by atoms with E-state index in [9.17, 15) is 10.1 Å². The molecular formula is C14H13ClN2O2. The summed E-state index contributed by atoms with van der Waals surface area (Å²) >= 11 is 6.00. The van der Waals surface area contributed by atoms with Gasteiger partial charge in [-0.1, -0.05) is 47.5 Å². The third-order valence-corrected chi connectivity index (χ3v) is 3.06. The summed E-state index contributed by atoms with van der Waals surface area (Å²) in [5.74, 6) is 0. The molecule has 0 atom stereocenters. The molecule has 0 saturated carbocycles. The van der Waals surface area contributed by atoms with Gasteiger partial charge in [0.25, 0.3) is 5.69 Å². The van der Waals surface area contributed by atoms with Crippen LogP contribution in [0.5, 0.6) is 0 Å². The van der Waals surface area contributed by atoms with Gasteiger partial charge in [0.15, 0.2) is 0 Å². The second-order valence-corrected chi connectivity index (χ2v) is 4.64. The molecule has 2 rings (SSSR count). The Morgan fingerprint density at radius 2 is 2.00 bits per heavy atom. The number of nitro groups is 1. The van der Waals surface area contributed by atoms with Crippen LogP contribution in [0, 0.1) is 17.0 Å². The van der Waals surface area contributed by atoms with Crippen molar-refractivity contribution in [2.24, 2.45) is 0 Å². The zero-order chi connectivity index (χ0) is 13.8. The second kappa shape index (κ2) is 5.71. The summed E-state index contributed by atoms with van der Waals surface area (Å²) in [4.78, 5) is 10.5. The fourth-order valence-electron chi connectivity index (χ4n) is 1.85. The predicted molar refractivity (Wildman–Crippen MR) is 76.6 cm³/mol. The van der Waals surface area contributed by atoms with Crippen LogP contribution in [0.4, 0.5) is 11.4 Å². The van der Waals surface area contributed by atoms with Crippen LogP contribution >= 0.6 is 11.6 Å². The lowest BCUT2D eigenvalue weighted by Gasteiger charge is -2.09. The first kappa shape index (κ1) is 13.4. The van der Waals surface area contributed by atoms with Crippen molar-refractivity contribution in [2.45, 2.75) is 13.5 Å². The van der Waals surface area contributed by atoms with Gasteiger partial charge < -0.3 is 5.32 Å². The van der Waals surface area contributed by atoms with E-state index in [0.29, 0.717) is 17.3 Å². The SMILES string of the molecule is Cc1cccc(CNc2c(Cl)cccc2[N+](=O)[O-])c1. The van der Waals surface area contributed by atoms with Gasteiger partial charge in [-0.25, -0.2) is 0 Å². The highest BCUT2D eigenvalue weighted by atomic mass is 35.5. The lowest BCUT2D eigenvalue weighted by Crippen LogP contribution is -2.03. The van der Waals surface area contributed by atoms with Crippen LogP contribution in [-0.4, -0.2) is 4.92 Å². The van der Waals surface area contributed by atoms with E-state index in [-0.39, 0.29) is 5.69 Å². The molecule has 2 aromatic carbocycles. The summed E-state index contributed by atoms with van der Waals surface area (Å²) in [6.07, 6.45) is 0. The molecule has 0 heterocycles. The van der Waals surface area contributed by atoms with E-state index in [0.717, 1.165) is 11.1 Å². The number of hydrogen-bond donors (Lipinski definition) is 1. The van der Waals surface area contributed by atoms with Gasteiger partial charge in [0.05, 0.1) is 9.95 Å². The Morgan fingerprint density at radius 3 is 2.68 bits per heavy atom. The molecule has 4 nitrogen and oxygen atoms in total. The number of nitrogens with one attached hydrogen (secondary N) is 1. The van der Waals surface area contributed by atoms with E-state index in [1.165, 1.54) is 6.07 Å². The molecule has 0 aliphatic carbocycles. The summed E-state index contributed by atoms with van der Waals surface area (Å²) in [6, 6.07) is 12.6. The summed E-state index contributed by atoms with van der Waals surface area (Å²) in [7, 11) is 0. The maximum atomic E-state index is 10.9. The Bertz CT molecular complexity index is 614. The molecule has 0 saturated heterocycles. The van der Waals surface area contributed by atoms with Crippen molar-refractivity contribution < 1.29 is 4.92 Å². The highest BCUT2D eigenvalue weighted by Gasteiger charge is 2.15. The first-order valence-corrected chi connectivity index (χ1v) is 6.18. The minimum atomic E-state index is -0.440. The smallest absolute Gasteiger partial charge is 0.293 e. The molecule has 2 aromatic rings. The van der Waals surface area contributed by atoms with E-state index >= 15 is 0 Å². The molecule has 98 valence electrons. The van der Waals surface area contributed by atoms with Crippen molar-refractivity contribution in [3.63, 3.8) is 0 Å². The average molecular weight is 277 g/mol. The Hall–Kier alpha value is -2.07. The minimum absolute atomic E-state index is 0.0137. The van der Waals surface area contributed by atoms with Gasteiger partial charge in [-0.3, -0.25) is 10.1 Å². The molecule has 0 aliphatic heterocycles. The molecule has 0 spiro atoms. The largest absolute Gasteiger partial charge is 0.374 e. The Balaban J connectivity index is 2.22. The first-order chi connectivity index (χ1) is 9.08. The standard InChI is InChI=1S/C14H13ClN2O2/c1-10-4-2-5-11(8-10)9-16-14-12(15)6-3-7-13(14)17(18)19/h2-8,16H,9H2,1H3. The normalized spacial score (nSPS) is 10.2. The van der Waals surface area contributed by atoms with Crippen LogP contribution < -0.4 is 5.32 Å². The van der Waals surface area contributed by atoms with Crippen molar-refractivity contribution in [3.8, 4) is 0 Å². The zero-order valence-electron chi connectivity index (χ0n) is 10.4. The molecule has 5 heteroatoms. The number of nitro benzene ring substituents is 1. The molecule has 0 amide bonds. The summed E-state index contributed by atoms with van der Waals surface area (Å²) < 4.78 is 0. The van der Waals surface area contributed by atoms with Crippen molar-refractivity contribution >= 4 is 23.0 Å². The van der Waals surface area contributed by atoms with E-state index in [1.54, 1.807) is 12.1 Å². The second-order valence-electron chi connectivity index (χ2n) is 4.23. The van der Waals surface area contributed by atoms with Crippen LogP contribution in [0.15, 0.2) is 42.5 Å². The van der Waals surface area contributed by atoms with Crippen LogP contribution in [-0.2, 0) is 6.54 Å². The Morgan fingerprint density at radius 1 is 1.26 bits per heavy atom. The molecule has 0 fully saturated rings. The highest BCUT2D eigenvalue weighted by molar-refractivity contribution is 6.33. The fourth-order valence-corrected chi connectivity index (χ4v) is 2.09. The maximum Gasteiger partial charge on any atom is 0.293 e. The summed E-state index contributed by atoms with van der Waals surface area (Å²) in [5, 5.41) is 14.3. The van der Waals surface area contributed by atoms with Gasteiger partial charge in [-0.05, 0) is 18.6 Å². The molecule has 0 aliphatic rings. The number of anilines is 1. The van der Waals surface area contributed by atoms with Crippen LogP contribution in [0.25, 0.3) is 0 Å².